The number of benzene rings is 1. The second kappa shape index (κ2) is 7.69. The van der Waals surface area contributed by atoms with Crippen molar-refractivity contribution in [1.29, 1.82) is 10.7 Å². The van der Waals surface area contributed by atoms with Crippen LogP contribution in [0, 0.1) is 16.7 Å². The van der Waals surface area contributed by atoms with Crippen LogP contribution in [-0.4, -0.2) is 30.9 Å². The predicted molar refractivity (Wildman–Crippen MR) is 70.4 cm³/mol. The van der Waals surface area contributed by atoms with E-state index in [1.807, 2.05) is 6.07 Å². The zero-order chi connectivity index (χ0) is 15.0. The highest BCUT2D eigenvalue weighted by Crippen LogP contribution is 2.05. The quantitative estimate of drug-likeness (QED) is 0.483. The topological polar surface area (TPSA) is 100 Å². The first kappa shape index (κ1) is 15.4. The van der Waals surface area contributed by atoms with Crippen molar-refractivity contribution in [3.05, 3.63) is 35.4 Å². The van der Waals surface area contributed by atoms with Gasteiger partial charge >= 0.3 is 11.9 Å². The number of hydrogen-bond donors (Lipinski definition) is 1. The van der Waals surface area contributed by atoms with E-state index in [2.05, 4.69) is 0 Å². The Morgan fingerprint density at radius 3 is 2.65 bits per heavy atom. The third kappa shape index (κ3) is 5.31. The smallest absolute Gasteiger partial charge is 0.338 e. The van der Waals surface area contributed by atoms with E-state index >= 15 is 0 Å². The lowest BCUT2D eigenvalue weighted by atomic mass is 10.1. The Morgan fingerprint density at radius 1 is 1.30 bits per heavy atom. The number of nitrogens with zero attached hydrogens (tertiary/aromatic N) is 1. The van der Waals surface area contributed by atoms with Gasteiger partial charge in [-0.25, -0.2) is 4.79 Å². The largest absolute Gasteiger partial charge is 0.462 e. The number of ether oxygens (including phenoxy) is 2. The van der Waals surface area contributed by atoms with Crippen molar-refractivity contribution in [2.45, 2.75) is 13.3 Å². The van der Waals surface area contributed by atoms with Crippen LogP contribution in [0.2, 0.25) is 0 Å². The van der Waals surface area contributed by atoms with Crippen molar-refractivity contribution in [1.82, 2.24) is 0 Å². The van der Waals surface area contributed by atoms with Gasteiger partial charge in [-0.15, -0.1) is 0 Å². The Hall–Kier alpha value is -2.68. The summed E-state index contributed by atoms with van der Waals surface area (Å²) in [5, 5.41) is 15.8. The highest BCUT2D eigenvalue weighted by atomic mass is 16.6. The van der Waals surface area contributed by atoms with E-state index in [4.69, 9.17) is 20.1 Å². The summed E-state index contributed by atoms with van der Waals surface area (Å²) in [6, 6.07) is 8.05. The van der Waals surface area contributed by atoms with E-state index < -0.39 is 11.9 Å². The molecule has 1 N–H and O–H groups in total. The van der Waals surface area contributed by atoms with Gasteiger partial charge in [-0.1, -0.05) is 6.07 Å². The third-order valence-electron chi connectivity index (χ3n) is 2.22. The van der Waals surface area contributed by atoms with Crippen LogP contribution in [0.15, 0.2) is 24.3 Å². The lowest BCUT2D eigenvalue weighted by molar-refractivity contribution is -0.143. The van der Waals surface area contributed by atoms with Crippen LogP contribution in [0.5, 0.6) is 0 Å². The molecule has 6 heteroatoms. The molecule has 0 fully saturated rings. The zero-order valence-electron chi connectivity index (χ0n) is 11.0. The van der Waals surface area contributed by atoms with Crippen molar-refractivity contribution in [2.24, 2.45) is 0 Å². The molecular weight excluding hydrogens is 260 g/mol. The molecule has 0 saturated carbocycles. The molecule has 0 heterocycles. The van der Waals surface area contributed by atoms with Crippen LogP contribution in [0.1, 0.15) is 29.3 Å². The van der Waals surface area contributed by atoms with E-state index in [0.717, 1.165) is 0 Å². The summed E-state index contributed by atoms with van der Waals surface area (Å²) in [7, 11) is 0. The van der Waals surface area contributed by atoms with E-state index in [9.17, 15) is 9.59 Å². The molecule has 0 aromatic heterocycles. The summed E-state index contributed by atoms with van der Waals surface area (Å²) in [5.41, 5.74) is 0.846. The monoisotopic (exact) mass is 274 g/mol. The fraction of sp³-hybridized carbons (Fsp3) is 0.286. The molecular formula is C14H14N2O4. The highest BCUT2D eigenvalue weighted by Gasteiger charge is 2.09. The van der Waals surface area contributed by atoms with Crippen LogP contribution >= 0.6 is 0 Å². The Balaban J connectivity index is 2.35. The van der Waals surface area contributed by atoms with Crippen molar-refractivity contribution in [3.8, 4) is 6.07 Å². The molecule has 0 spiro atoms. The third-order valence-corrected chi connectivity index (χ3v) is 2.22. The molecule has 0 atom stereocenters. The van der Waals surface area contributed by atoms with Gasteiger partial charge in [-0.2, -0.15) is 5.26 Å². The number of hydrogen-bond acceptors (Lipinski definition) is 6. The van der Waals surface area contributed by atoms with E-state index in [1.165, 1.54) is 19.1 Å². The standard InChI is InChI=1S/C14H14N2O4/c1-10(16)7-13(17)19-5-6-20-14(18)12-4-2-3-11(8-12)9-15/h2-4,8,16H,5-7H2,1H3. The molecule has 6 nitrogen and oxygen atoms in total. The maximum Gasteiger partial charge on any atom is 0.338 e. The summed E-state index contributed by atoms with van der Waals surface area (Å²) >= 11 is 0. The number of nitrogens with one attached hydrogen (secondary N) is 1. The molecule has 0 amide bonds. The summed E-state index contributed by atoms with van der Waals surface area (Å²) in [6.07, 6.45) is -0.0713. The maximum atomic E-state index is 11.6. The molecule has 0 aliphatic heterocycles. The molecule has 1 rings (SSSR count). The van der Waals surface area contributed by atoms with Gasteiger partial charge in [0.2, 0.25) is 0 Å². The van der Waals surface area contributed by atoms with Crippen LogP contribution < -0.4 is 0 Å². The number of esters is 2. The zero-order valence-corrected chi connectivity index (χ0v) is 11.0. The minimum atomic E-state index is -0.582. The van der Waals surface area contributed by atoms with Gasteiger partial charge in [-0.3, -0.25) is 4.79 Å². The molecule has 0 unspecified atom stereocenters. The average molecular weight is 274 g/mol. The molecule has 0 aliphatic carbocycles. The number of nitriles is 1. The summed E-state index contributed by atoms with van der Waals surface area (Å²) < 4.78 is 9.68. The SMILES string of the molecule is CC(=N)CC(=O)OCCOC(=O)c1cccc(C#N)c1. The maximum absolute atomic E-state index is 11.6. The van der Waals surface area contributed by atoms with Crippen molar-refractivity contribution < 1.29 is 19.1 Å². The molecule has 0 aliphatic rings. The molecule has 0 saturated heterocycles. The Kier molecular flexibility index (Phi) is 5.91. The fourth-order valence-electron chi connectivity index (χ4n) is 1.36. The summed E-state index contributed by atoms with van der Waals surface area (Å²) in [6.45, 7) is 1.37. The first-order valence-corrected chi connectivity index (χ1v) is 5.90. The van der Waals surface area contributed by atoms with E-state index in [0.29, 0.717) is 5.56 Å². The molecule has 104 valence electrons. The lowest BCUT2D eigenvalue weighted by Gasteiger charge is -2.06. The average Bonchev–Trinajstić information content (AvgIpc) is 2.42. The summed E-state index contributed by atoms with van der Waals surface area (Å²) in [4.78, 5) is 22.7. The van der Waals surface area contributed by atoms with Gasteiger partial charge in [0.25, 0.3) is 0 Å². The van der Waals surface area contributed by atoms with Gasteiger partial charge in [0.15, 0.2) is 0 Å². The van der Waals surface area contributed by atoms with Crippen LogP contribution in [0.25, 0.3) is 0 Å². The first-order valence-electron chi connectivity index (χ1n) is 5.90. The number of rotatable bonds is 6. The first-order chi connectivity index (χ1) is 9.52. The van der Waals surface area contributed by atoms with Crippen LogP contribution in [0.4, 0.5) is 0 Å². The van der Waals surface area contributed by atoms with E-state index in [-0.39, 0.29) is 30.9 Å². The van der Waals surface area contributed by atoms with Crippen LogP contribution in [0.3, 0.4) is 0 Å². The van der Waals surface area contributed by atoms with Gasteiger partial charge in [-0.05, 0) is 25.1 Å². The normalized spacial score (nSPS) is 9.40. The van der Waals surface area contributed by atoms with Crippen molar-refractivity contribution in [2.75, 3.05) is 13.2 Å². The van der Waals surface area contributed by atoms with Gasteiger partial charge in [0.1, 0.15) is 13.2 Å². The van der Waals surface area contributed by atoms with Crippen molar-refractivity contribution >= 4 is 17.7 Å². The van der Waals surface area contributed by atoms with Gasteiger partial charge < -0.3 is 14.9 Å². The molecule has 0 radical (unpaired) electrons. The lowest BCUT2D eigenvalue weighted by Crippen LogP contribution is -2.15. The second-order valence-electron chi connectivity index (χ2n) is 4.01. The van der Waals surface area contributed by atoms with Crippen LogP contribution in [-0.2, 0) is 14.3 Å². The molecule has 1 aromatic rings. The summed E-state index contributed by atoms with van der Waals surface area (Å²) in [5.74, 6) is -1.11. The molecule has 1 aromatic carbocycles. The fourth-order valence-corrected chi connectivity index (χ4v) is 1.36. The van der Waals surface area contributed by atoms with Gasteiger partial charge in [0, 0.05) is 5.71 Å². The highest BCUT2D eigenvalue weighted by molar-refractivity contribution is 5.95. The number of carbonyl (C=O) groups excluding carboxylic acids is 2. The van der Waals surface area contributed by atoms with Gasteiger partial charge in [0.05, 0.1) is 23.6 Å². The Morgan fingerprint density at radius 2 is 2.00 bits per heavy atom. The Bertz CT molecular complexity index is 561. The van der Waals surface area contributed by atoms with Crippen molar-refractivity contribution in [3.63, 3.8) is 0 Å². The minimum absolute atomic E-state index is 0.0597. The minimum Gasteiger partial charge on any atom is -0.462 e. The Labute approximate surface area is 116 Å². The number of carbonyl (C=O) groups is 2. The molecule has 0 bridgehead atoms. The predicted octanol–water partition coefficient (Wildman–Crippen LogP) is 1.69. The molecule has 20 heavy (non-hydrogen) atoms. The second-order valence-corrected chi connectivity index (χ2v) is 4.01. The van der Waals surface area contributed by atoms with E-state index in [1.54, 1.807) is 12.1 Å².